The highest BCUT2D eigenvalue weighted by molar-refractivity contribution is 5.84. The van der Waals surface area contributed by atoms with Crippen LogP contribution in [0.3, 0.4) is 0 Å². The Morgan fingerprint density at radius 2 is 1.70 bits per heavy atom. The number of ether oxygens (including phenoxy) is 2. The highest BCUT2D eigenvalue weighted by Gasteiger charge is 2.18. The van der Waals surface area contributed by atoms with Gasteiger partial charge >= 0.3 is 5.69 Å². The molecule has 0 saturated carbocycles. The van der Waals surface area contributed by atoms with E-state index in [1.807, 2.05) is 13.8 Å². The van der Waals surface area contributed by atoms with Gasteiger partial charge in [-0.1, -0.05) is 13.8 Å². The van der Waals surface area contributed by atoms with Crippen molar-refractivity contribution in [3.8, 4) is 11.5 Å². The first-order valence-corrected chi connectivity index (χ1v) is 9.92. The second kappa shape index (κ2) is 8.98. The molecule has 2 aromatic heterocycles. The van der Waals surface area contributed by atoms with Crippen LogP contribution in [0.2, 0.25) is 0 Å². The maximum atomic E-state index is 13.0. The van der Waals surface area contributed by atoms with E-state index in [1.165, 1.54) is 4.57 Å². The van der Waals surface area contributed by atoms with Crippen molar-refractivity contribution < 1.29 is 9.47 Å². The van der Waals surface area contributed by atoms with Gasteiger partial charge in [-0.2, -0.15) is 0 Å². The molecule has 160 valence electrons. The van der Waals surface area contributed by atoms with Gasteiger partial charge in [-0.05, 0) is 25.0 Å². The summed E-state index contributed by atoms with van der Waals surface area (Å²) >= 11 is 0. The lowest BCUT2D eigenvalue weighted by Gasteiger charge is -2.10. The summed E-state index contributed by atoms with van der Waals surface area (Å²) in [6.07, 6.45) is 3.02. The summed E-state index contributed by atoms with van der Waals surface area (Å²) in [5.74, 6) is 1.66. The number of hydrogen-bond donors (Lipinski definition) is 0. The average Bonchev–Trinajstić information content (AvgIpc) is 3.08. The number of benzene rings is 1. The summed E-state index contributed by atoms with van der Waals surface area (Å²) < 4.78 is 15.1. The molecule has 3 rings (SSSR count). The van der Waals surface area contributed by atoms with Crippen LogP contribution in [0.5, 0.6) is 11.5 Å². The molecule has 0 radical (unpaired) electrons. The number of hydrogen-bond acceptors (Lipinski definition) is 6. The number of aryl methyl sites for hydroxylation is 2. The number of imidazole rings is 1. The molecule has 2 heterocycles. The fourth-order valence-corrected chi connectivity index (χ4v) is 3.38. The van der Waals surface area contributed by atoms with Gasteiger partial charge in [0, 0.05) is 26.2 Å². The molecular weight excluding hydrogens is 386 g/mol. The molecule has 0 aliphatic heterocycles. The Hall–Kier alpha value is -3.36. The Morgan fingerprint density at radius 1 is 1.03 bits per heavy atom. The van der Waals surface area contributed by atoms with Crippen molar-refractivity contribution >= 4 is 23.1 Å². The molecule has 0 unspecified atom stereocenters. The fraction of sp³-hybridized carbons (Fsp3) is 0.429. The van der Waals surface area contributed by atoms with Crippen LogP contribution in [-0.2, 0) is 20.1 Å². The fourth-order valence-electron chi connectivity index (χ4n) is 3.38. The van der Waals surface area contributed by atoms with Crippen LogP contribution >= 0.6 is 0 Å². The monoisotopic (exact) mass is 413 g/mol. The van der Waals surface area contributed by atoms with E-state index < -0.39 is 0 Å². The van der Waals surface area contributed by atoms with Gasteiger partial charge in [0.25, 0.3) is 5.56 Å². The number of aliphatic imine (C=N–C) groups is 1. The third-order valence-electron chi connectivity index (χ3n) is 4.87. The minimum Gasteiger partial charge on any atom is -0.493 e. The molecule has 1 aromatic carbocycles. The number of fused-ring (bicyclic) bond motifs is 1. The van der Waals surface area contributed by atoms with Crippen LogP contribution in [0.25, 0.3) is 11.2 Å². The van der Waals surface area contributed by atoms with Gasteiger partial charge in [0.2, 0.25) is 0 Å². The lowest BCUT2D eigenvalue weighted by atomic mass is 10.3. The first-order valence-electron chi connectivity index (χ1n) is 9.92. The maximum absolute atomic E-state index is 13.0. The quantitative estimate of drug-likeness (QED) is 0.529. The van der Waals surface area contributed by atoms with Crippen molar-refractivity contribution in [2.45, 2.75) is 39.8 Å². The molecule has 0 spiro atoms. The summed E-state index contributed by atoms with van der Waals surface area (Å²) in [6, 6.07) is 5.31. The third kappa shape index (κ3) is 3.74. The van der Waals surface area contributed by atoms with E-state index in [0.717, 1.165) is 6.42 Å². The molecule has 0 saturated heterocycles. The van der Waals surface area contributed by atoms with E-state index >= 15 is 0 Å². The normalized spacial score (nSPS) is 11.5. The predicted molar refractivity (Wildman–Crippen MR) is 117 cm³/mol. The van der Waals surface area contributed by atoms with E-state index in [2.05, 4.69) is 9.98 Å². The van der Waals surface area contributed by atoms with Gasteiger partial charge < -0.3 is 14.0 Å². The Labute approximate surface area is 174 Å². The van der Waals surface area contributed by atoms with E-state index in [-0.39, 0.29) is 11.2 Å². The van der Waals surface area contributed by atoms with Crippen molar-refractivity contribution in [3.63, 3.8) is 0 Å². The number of nitrogens with zero attached hydrogens (tertiary/aromatic N) is 5. The van der Waals surface area contributed by atoms with Crippen molar-refractivity contribution in [1.82, 2.24) is 18.7 Å². The van der Waals surface area contributed by atoms with Crippen molar-refractivity contribution in [3.05, 3.63) is 44.9 Å². The average molecular weight is 413 g/mol. The minimum atomic E-state index is -0.329. The highest BCUT2D eigenvalue weighted by atomic mass is 16.5. The van der Waals surface area contributed by atoms with Crippen LogP contribution in [0.1, 0.15) is 32.5 Å². The number of aromatic nitrogens is 4. The van der Waals surface area contributed by atoms with Gasteiger partial charge in [0.15, 0.2) is 28.5 Å². The largest absolute Gasteiger partial charge is 0.493 e. The molecule has 0 bridgehead atoms. The SMILES string of the molecule is CCCn1c(=O)c2c(nc(C=Nc3ccc(OC)c(OC)c3)n2C)n(CCC)c1=O. The van der Waals surface area contributed by atoms with Crippen LogP contribution in [0, 0.1) is 0 Å². The summed E-state index contributed by atoms with van der Waals surface area (Å²) in [7, 11) is 4.89. The standard InChI is InChI=1S/C21H27N5O4/c1-6-10-25-19-18(20(27)26(11-7-2)21(25)28)24(3)17(23-19)13-22-14-8-9-15(29-4)16(12-14)30-5/h8-9,12-13H,6-7,10-11H2,1-5H3. The smallest absolute Gasteiger partial charge is 0.332 e. The zero-order valence-corrected chi connectivity index (χ0v) is 18.0. The maximum Gasteiger partial charge on any atom is 0.332 e. The minimum absolute atomic E-state index is 0.322. The Kier molecular flexibility index (Phi) is 6.39. The molecule has 0 fully saturated rings. The third-order valence-corrected chi connectivity index (χ3v) is 4.87. The lowest BCUT2D eigenvalue weighted by Crippen LogP contribution is -2.40. The summed E-state index contributed by atoms with van der Waals surface area (Å²) in [4.78, 5) is 34.8. The van der Waals surface area contributed by atoms with E-state index in [0.29, 0.717) is 53.7 Å². The Morgan fingerprint density at radius 3 is 2.33 bits per heavy atom. The summed E-state index contributed by atoms with van der Waals surface area (Å²) in [5, 5.41) is 0. The van der Waals surface area contributed by atoms with Crippen molar-refractivity contribution in [2.24, 2.45) is 12.0 Å². The van der Waals surface area contributed by atoms with Gasteiger partial charge in [-0.25, -0.2) is 9.78 Å². The number of rotatable bonds is 8. The van der Waals surface area contributed by atoms with Crippen LogP contribution in [0.4, 0.5) is 5.69 Å². The van der Waals surface area contributed by atoms with Gasteiger partial charge in [0.1, 0.15) is 0 Å². The van der Waals surface area contributed by atoms with Crippen LogP contribution in [0.15, 0.2) is 32.8 Å². The molecule has 3 aromatic rings. The van der Waals surface area contributed by atoms with Crippen molar-refractivity contribution in [2.75, 3.05) is 14.2 Å². The summed E-state index contributed by atoms with van der Waals surface area (Å²) in [5.41, 5.74) is 0.775. The predicted octanol–water partition coefficient (Wildman–Crippen LogP) is 2.48. The zero-order chi connectivity index (χ0) is 21.8. The molecule has 0 N–H and O–H groups in total. The molecule has 0 aliphatic carbocycles. The Balaban J connectivity index is 2.14. The highest BCUT2D eigenvalue weighted by Crippen LogP contribution is 2.30. The van der Waals surface area contributed by atoms with E-state index in [4.69, 9.17) is 9.47 Å². The zero-order valence-electron chi connectivity index (χ0n) is 18.0. The van der Waals surface area contributed by atoms with Gasteiger partial charge in [-0.15, -0.1) is 0 Å². The first-order chi connectivity index (χ1) is 14.5. The molecule has 0 amide bonds. The second-order valence-electron chi connectivity index (χ2n) is 6.89. The molecular formula is C21H27N5O4. The van der Waals surface area contributed by atoms with Crippen molar-refractivity contribution in [1.29, 1.82) is 0 Å². The molecule has 9 nitrogen and oxygen atoms in total. The summed E-state index contributed by atoms with van der Waals surface area (Å²) in [6.45, 7) is 4.78. The topological polar surface area (TPSA) is 92.6 Å². The Bertz CT molecular complexity index is 1200. The number of methoxy groups -OCH3 is 2. The molecule has 30 heavy (non-hydrogen) atoms. The molecule has 9 heteroatoms. The molecule has 0 aliphatic rings. The van der Waals surface area contributed by atoms with Gasteiger partial charge in [0.05, 0.1) is 26.1 Å². The molecule has 0 atom stereocenters. The first kappa shape index (κ1) is 21.4. The van der Waals surface area contributed by atoms with E-state index in [1.54, 1.807) is 54.8 Å². The lowest BCUT2D eigenvalue weighted by molar-refractivity contribution is 0.355. The van der Waals surface area contributed by atoms with Gasteiger partial charge in [-0.3, -0.25) is 18.9 Å². The van der Waals surface area contributed by atoms with Crippen LogP contribution < -0.4 is 20.7 Å². The second-order valence-corrected chi connectivity index (χ2v) is 6.89. The van der Waals surface area contributed by atoms with E-state index in [9.17, 15) is 9.59 Å². The van der Waals surface area contributed by atoms with Crippen LogP contribution in [-0.4, -0.2) is 39.1 Å².